The number of fused-ring (bicyclic) bond motifs is 1. The number of nitrogens with zero attached hydrogens (tertiary/aromatic N) is 1. The summed E-state index contributed by atoms with van der Waals surface area (Å²) < 4.78 is 11.0. The predicted molar refractivity (Wildman–Crippen MR) is 158 cm³/mol. The zero-order valence-electron chi connectivity index (χ0n) is 22.3. The van der Waals surface area contributed by atoms with Crippen LogP contribution in [0.3, 0.4) is 0 Å². The van der Waals surface area contributed by atoms with Gasteiger partial charge in [0, 0.05) is 21.0 Å². The van der Waals surface area contributed by atoms with Gasteiger partial charge in [-0.05, 0) is 81.0 Å². The summed E-state index contributed by atoms with van der Waals surface area (Å²) in [5.74, 6) is -0.316. The number of hydrogen-bond acceptors (Lipinski definition) is 7. The summed E-state index contributed by atoms with van der Waals surface area (Å²) in [6, 6.07) is 11.3. The molecule has 1 heterocycles. The van der Waals surface area contributed by atoms with Crippen molar-refractivity contribution in [3.8, 4) is 5.75 Å². The molecule has 0 fully saturated rings. The van der Waals surface area contributed by atoms with E-state index in [4.69, 9.17) is 32.7 Å². The van der Waals surface area contributed by atoms with Gasteiger partial charge in [0.25, 0.3) is 11.8 Å². The first-order chi connectivity index (χ1) is 19.2. The third-order valence-electron chi connectivity index (χ3n) is 6.36. The summed E-state index contributed by atoms with van der Waals surface area (Å²) in [6.07, 6.45) is 3.21. The number of anilines is 1. The highest BCUT2D eigenvalue weighted by atomic mass is 35.5. The Balaban J connectivity index is 1.37. The second kappa shape index (κ2) is 13.3. The first-order valence-electron chi connectivity index (χ1n) is 12.8. The van der Waals surface area contributed by atoms with E-state index in [9.17, 15) is 14.4 Å². The van der Waals surface area contributed by atoms with Crippen LogP contribution in [-0.2, 0) is 22.4 Å². The minimum atomic E-state index is -0.857. The highest BCUT2D eigenvalue weighted by Crippen LogP contribution is 2.40. The summed E-state index contributed by atoms with van der Waals surface area (Å²) in [7, 11) is 0. The molecule has 2 N–H and O–H groups in total. The van der Waals surface area contributed by atoms with Crippen LogP contribution in [0.15, 0.2) is 47.6 Å². The van der Waals surface area contributed by atoms with Gasteiger partial charge in [0.15, 0.2) is 6.10 Å². The second-order valence-electron chi connectivity index (χ2n) is 9.42. The monoisotopic (exact) mass is 601 g/mol. The molecule has 2 amide bonds. The number of amides is 2. The van der Waals surface area contributed by atoms with E-state index in [0.29, 0.717) is 43.4 Å². The van der Waals surface area contributed by atoms with E-state index < -0.39 is 18.0 Å². The van der Waals surface area contributed by atoms with Crippen LogP contribution in [0.4, 0.5) is 5.00 Å². The van der Waals surface area contributed by atoms with E-state index in [2.05, 4.69) is 22.8 Å². The molecule has 3 aromatic rings. The predicted octanol–water partition coefficient (Wildman–Crippen LogP) is 6.53. The average molecular weight is 603 g/mol. The van der Waals surface area contributed by atoms with Gasteiger partial charge >= 0.3 is 5.97 Å². The molecular formula is C29H29Cl2N3O5S. The van der Waals surface area contributed by atoms with Crippen molar-refractivity contribution in [3.63, 3.8) is 0 Å². The van der Waals surface area contributed by atoms with E-state index in [0.717, 1.165) is 29.7 Å². The van der Waals surface area contributed by atoms with Crippen molar-refractivity contribution in [2.24, 2.45) is 11.0 Å². The number of rotatable bonds is 9. The highest BCUT2D eigenvalue weighted by Gasteiger charge is 2.29. The van der Waals surface area contributed by atoms with E-state index in [1.165, 1.54) is 17.6 Å². The lowest BCUT2D eigenvalue weighted by Crippen LogP contribution is -2.33. The molecule has 0 saturated heterocycles. The van der Waals surface area contributed by atoms with Crippen molar-refractivity contribution < 1.29 is 23.9 Å². The fourth-order valence-electron chi connectivity index (χ4n) is 4.24. The van der Waals surface area contributed by atoms with Crippen LogP contribution >= 0.6 is 34.5 Å². The standard InChI is InChI=1S/C29H29Cl2N3O5S/c1-4-38-29(37)25-22-12-5-16(2)13-24(22)40-28(25)33-27(36)18-7-10-21(11-8-18)39-17(3)26(35)34-32-15-19-6-9-20(30)14-23(19)31/h6-11,14-17H,4-5,12-13H2,1-3H3,(H,33,36)(H,34,35)/b32-15-/t16-,17-/m1/s1. The smallest absolute Gasteiger partial charge is 0.341 e. The normalized spacial score (nSPS) is 15.3. The maximum Gasteiger partial charge on any atom is 0.341 e. The summed E-state index contributed by atoms with van der Waals surface area (Å²) in [5.41, 5.74) is 4.83. The molecule has 11 heteroatoms. The van der Waals surface area contributed by atoms with Gasteiger partial charge in [0.1, 0.15) is 10.8 Å². The van der Waals surface area contributed by atoms with E-state index in [1.807, 2.05) is 0 Å². The summed E-state index contributed by atoms with van der Waals surface area (Å²) >= 11 is 13.4. The Morgan fingerprint density at radius 1 is 1.18 bits per heavy atom. The SMILES string of the molecule is CCOC(=O)c1c(NC(=O)c2ccc(O[C@H](C)C(=O)N/N=C\c3ccc(Cl)cc3Cl)cc2)sc2c1CC[C@@H](C)C2. The molecule has 1 aliphatic rings. The van der Waals surface area contributed by atoms with Gasteiger partial charge in [-0.15, -0.1) is 11.3 Å². The number of ether oxygens (including phenoxy) is 2. The third-order valence-corrected chi connectivity index (χ3v) is 8.09. The van der Waals surface area contributed by atoms with Crippen LogP contribution in [0.2, 0.25) is 10.0 Å². The average Bonchev–Trinajstić information content (AvgIpc) is 3.27. The van der Waals surface area contributed by atoms with Crippen molar-refractivity contribution in [2.75, 3.05) is 11.9 Å². The second-order valence-corrected chi connectivity index (χ2v) is 11.4. The molecule has 2 atom stereocenters. The Bertz CT molecular complexity index is 1440. The van der Waals surface area contributed by atoms with E-state index in [-0.39, 0.29) is 12.5 Å². The molecule has 0 unspecified atom stereocenters. The Labute approximate surface area is 246 Å². The van der Waals surface area contributed by atoms with Gasteiger partial charge in [-0.25, -0.2) is 10.2 Å². The van der Waals surface area contributed by atoms with Crippen molar-refractivity contribution in [1.29, 1.82) is 0 Å². The lowest BCUT2D eigenvalue weighted by atomic mass is 9.88. The van der Waals surface area contributed by atoms with Gasteiger partial charge in [-0.1, -0.05) is 36.2 Å². The van der Waals surface area contributed by atoms with Crippen molar-refractivity contribution in [1.82, 2.24) is 5.43 Å². The van der Waals surface area contributed by atoms with Gasteiger partial charge in [-0.3, -0.25) is 9.59 Å². The fraction of sp³-hybridized carbons (Fsp3) is 0.310. The quantitative estimate of drug-likeness (QED) is 0.165. The first kappa shape index (κ1) is 29.6. The van der Waals surface area contributed by atoms with Crippen molar-refractivity contribution in [3.05, 3.63) is 79.6 Å². The molecule has 0 saturated carbocycles. The van der Waals surface area contributed by atoms with Crippen LogP contribution in [-0.4, -0.2) is 36.7 Å². The Kier molecular flexibility index (Phi) is 9.84. The maximum atomic E-state index is 13.0. The third kappa shape index (κ3) is 7.21. The van der Waals surface area contributed by atoms with Crippen molar-refractivity contribution >= 4 is 63.5 Å². The number of nitrogens with one attached hydrogen (secondary N) is 2. The van der Waals surface area contributed by atoms with Crippen LogP contribution < -0.4 is 15.5 Å². The van der Waals surface area contributed by atoms with Gasteiger partial charge in [0.2, 0.25) is 0 Å². The lowest BCUT2D eigenvalue weighted by Gasteiger charge is -2.18. The topological polar surface area (TPSA) is 106 Å². The number of carbonyl (C=O) groups is 3. The van der Waals surface area contributed by atoms with Crippen LogP contribution in [0, 0.1) is 5.92 Å². The molecule has 0 radical (unpaired) electrons. The summed E-state index contributed by atoms with van der Waals surface area (Å²) in [4.78, 5) is 39.3. The Hall–Kier alpha value is -3.40. The van der Waals surface area contributed by atoms with E-state index >= 15 is 0 Å². The Morgan fingerprint density at radius 3 is 2.62 bits per heavy atom. The molecule has 1 aliphatic carbocycles. The molecule has 0 spiro atoms. The largest absolute Gasteiger partial charge is 0.481 e. The number of benzene rings is 2. The summed E-state index contributed by atoms with van der Waals surface area (Å²) in [6.45, 7) is 5.78. The molecule has 40 heavy (non-hydrogen) atoms. The molecule has 2 aromatic carbocycles. The molecule has 210 valence electrons. The maximum absolute atomic E-state index is 13.0. The number of thiophene rings is 1. The molecule has 4 rings (SSSR count). The zero-order chi connectivity index (χ0) is 28.8. The minimum Gasteiger partial charge on any atom is -0.481 e. The number of hydrogen-bond donors (Lipinski definition) is 2. The number of hydrazone groups is 1. The molecule has 0 bridgehead atoms. The molecule has 8 nitrogen and oxygen atoms in total. The fourth-order valence-corrected chi connectivity index (χ4v) is 6.09. The van der Waals surface area contributed by atoms with Crippen LogP contribution in [0.25, 0.3) is 0 Å². The highest BCUT2D eigenvalue weighted by molar-refractivity contribution is 7.17. The van der Waals surface area contributed by atoms with E-state index in [1.54, 1.807) is 56.3 Å². The molecular weight excluding hydrogens is 573 g/mol. The number of esters is 1. The van der Waals surface area contributed by atoms with Gasteiger partial charge in [-0.2, -0.15) is 5.10 Å². The van der Waals surface area contributed by atoms with Crippen LogP contribution in [0.1, 0.15) is 63.9 Å². The zero-order valence-corrected chi connectivity index (χ0v) is 24.6. The minimum absolute atomic E-state index is 0.258. The first-order valence-corrected chi connectivity index (χ1v) is 14.4. The number of halogens is 2. The van der Waals surface area contributed by atoms with Gasteiger partial charge in [0.05, 0.1) is 23.4 Å². The number of carbonyl (C=O) groups excluding carboxylic acids is 3. The summed E-state index contributed by atoms with van der Waals surface area (Å²) in [5, 5.41) is 8.23. The molecule has 0 aliphatic heterocycles. The molecule has 1 aromatic heterocycles. The Morgan fingerprint density at radius 2 is 1.93 bits per heavy atom. The van der Waals surface area contributed by atoms with Crippen molar-refractivity contribution in [2.45, 2.75) is 46.1 Å². The van der Waals surface area contributed by atoms with Gasteiger partial charge < -0.3 is 14.8 Å². The van der Waals surface area contributed by atoms with Crippen LogP contribution in [0.5, 0.6) is 5.75 Å². The lowest BCUT2D eigenvalue weighted by molar-refractivity contribution is -0.127.